The third-order valence-electron chi connectivity index (χ3n) is 1.91. The summed E-state index contributed by atoms with van der Waals surface area (Å²) in [7, 11) is 0. The Balaban J connectivity index is 3.04. The first-order chi connectivity index (χ1) is 6.70. The van der Waals surface area contributed by atoms with Crippen LogP contribution in [0.15, 0.2) is 12.1 Å². The second-order valence-electron chi connectivity index (χ2n) is 3.07. The van der Waals surface area contributed by atoms with Gasteiger partial charge in [0.05, 0.1) is 12.2 Å². The number of ether oxygens (including phenoxy) is 1. The first kappa shape index (κ1) is 10.7. The normalized spacial score (nSPS) is 9.93. The van der Waals surface area contributed by atoms with Crippen molar-refractivity contribution < 1.29 is 13.9 Å². The first-order valence-electron chi connectivity index (χ1n) is 4.57. The van der Waals surface area contributed by atoms with E-state index in [2.05, 4.69) is 0 Å². The molecule has 0 atom stereocenters. The molecule has 1 aromatic rings. The number of carbonyl (C=O) groups excluding carboxylic acids is 1. The van der Waals surface area contributed by atoms with Crippen LogP contribution in [-0.2, 0) is 0 Å². The lowest BCUT2D eigenvalue weighted by Gasteiger charge is -2.08. The number of aryl methyl sites for hydroxylation is 1. The van der Waals surface area contributed by atoms with Crippen LogP contribution >= 0.6 is 0 Å². The molecule has 0 aliphatic heterocycles. The summed E-state index contributed by atoms with van der Waals surface area (Å²) in [6.45, 7) is 4.06. The van der Waals surface area contributed by atoms with Crippen molar-refractivity contribution in [1.82, 2.24) is 0 Å². The lowest BCUT2D eigenvalue weighted by Crippen LogP contribution is -2.01. The molecule has 2 nitrogen and oxygen atoms in total. The van der Waals surface area contributed by atoms with Gasteiger partial charge in [-0.15, -0.1) is 0 Å². The van der Waals surface area contributed by atoms with E-state index in [4.69, 9.17) is 4.74 Å². The molecular formula is C11H13FO2. The van der Waals surface area contributed by atoms with Crippen LogP contribution in [0.2, 0.25) is 0 Å². The van der Waals surface area contributed by atoms with Crippen LogP contribution in [0.1, 0.15) is 29.3 Å². The monoisotopic (exact) mass is 196 g/mol. The summed E-state index contributed by atoms with van der Waals surface area (Å²) in [5, 5.41) is 0. The number of hydrogen-bond acceptors (Lipinski definition) is 2. The molecule has 0 fully saturated rings. The molecule has 0 radical (unpaired) electrons. The van der Waals surface area contributed by atoms with Crippen LogP contribution in [-0.4, -0.2) is 12.9 Å². The van der Waals surface area contributed by atoms with Crippen LogP contribution in [0.25, 0.3) is 0 Å². The van der Waals surface area contributed by atoms with E-state index in [0.29, 0.717) is 24.2 Å². The van der Waals surface area contributed by atoms with Gasteiger partial charge in [-0.1, -0.05) is 13.0 Å². The second kappa shape index (κ2) is 4.74. The van der Waals surface area contributed by atoms with Gasteiger partial charge in [0.2, 0.25) is 0 Å². The summed E-state index contributed by atoms with van der Waals surface area (Å²) in [5.74, 6) is -0.168. The topological polar surface area (TPSA) is 26.3 Å². The Morgan fingerprint density at radius 1 is 1.50 bits per heavy atom. The second-order valence-corrected chi connectivity index (χ2v) is 3.07. The zero-order valence-corrected chi connectivity index (χ0v) is 8.34. The molecule has 1 aromatic carbocycles. The van der Waals surface area contributed by atoms with Crippen LogP contribution in [0, 0.1) is 12.7 Å². The van der Waals surface area contributed by atoms with E-state index >= 15 is 0 Å². The number of carbonyl (C=O) groups is 1. The van der Waals surface area contributed by atoms with Crippen molar-refractivity contribution >= 4 is 6.29 Å². The highest BCUT2D eigenvalue weighted by Crippen LogP contribution is 2.22. The molecule has 0 N–H and O–H groups in total. The molecule has 14 heavy (non-hydrogen) atoms. The Labute approximate surface area is 82.7 Å². The van der Waals surface area contributed by atoms with Gasteiger partial charge in [0, 0.05) is 0 Å². The molecule has 0 bridgehead atoms. The third-order valence-corrected chi connectivity index (χ3v) is 1.91. The fraction of sp³-hybridized carbons (Fsp3) is 0.364. The summed E-state index contributed by atoms with van der Waals surface area (Å²) in [5.41, 5.74) is 0.467. The molecule has 0 saturated carbocycles. The molecule has 0 aromatic heterocycles. The maximum Gasteiger partial charge on any atom is 0.156 e. The average Bonchev–Trinajstić information content (AvgIpc) is 2.20. The van der Waals surface area contributed by atoms with Crippen LogP contribution in [0.5, 0.6) is 5.75 Å². The predicted molar refractivity (Wildman–Crippen MR) is 52.3 cm³/mol. The quantitative estimate of drug-likeness (QED) is 0.692. The molecule has 0 saturated heterocycles. The molecule has 0 heterocycles. The van der Waals surface area contributed by atoms with Gasteiger partial charge in [0.15, 0.2) is 6.29 Å². The van der Waals surface area contributed by atoms with Crippen molar-refractivity contribution in [3.05, 3.63) is 29.1 Å². The smallest absolute Gasteiger partial charge is 0.156 e. The molecule has 0 aliphatic rings. The first-order valence-corrected chi connectivity index (χ1v) is 4.57. The van der Waals surface area contributed by atoms with Gasteiger partial charge in [-0.05, 0) is 25.0 Å². The average molecular weight is 196 g/mol. The van der Waals surface area contributed by atoms with E-state index < -0.39 is 5.82 Å². The van der Waals surface area contributed by atoms with Crippen molar-refractivity contribution in [3.63, 3.8) is 0 Å². The van der Waals surface area contributed by atoms with Gasteiger partial charge in [0.25, 0.3) is 0 Å². The lowest BCUT2D eigenvalue weighted by atomic mass is 10.1. The minimum atomic E-state index is -0.492. The van der Waals surface area contributed by atoms with Crippen molar-refractivity contribution in [2.24, 2.45) is 0 Å². The minimum Gasteiger partial charge on any atom is -0.493 e. The maximum absolute atomic E-state index is 13.4. The number of hydrogen-bond donors (Lipinski definition) is 0. The fourth-order valence-electron chi connectivity index (χ4n) is 1.13. The summed E-state index contributed by atoms with van der Waals surface area (Å²) >= 11 is 0. The Hall–Kier alpha value is -1.38. The maximum atomic E-state index is 13.4. The number of aldehydes is 1. The Kier molecular flexibility index (Phi) is 3.63. The Morgan fingerprint density at radius 2 is 2.21 bits per heavy atom. The van der Waals surface area contributed by atoms with Crippen molar-refractivity contribution in [2.75, 3.05) is 6.61 Å². The number of halogens is 1. The predicted octanol–water partition coefficient (Wildman–Crippen LogP) is 2.74. The zero-order valence-electron chi connectivity index (χ0n) is 8.34. The van der Waals surface area contributed by atoms with E-state index in [1.165, 1.54) is 0 Å². The molecule has 3 heteroatoms. The van der Waals surface area contributed by atoms with Gasteiger partial charge in [-0.2, -0.15) is 0 Å². The van der Waals surface area contributed by atoms with Crippen molar-refractivity contribution in [2.45, 2.75) is 20.3 Å². The lowest BCUT2D eigenvalue weighted by molar-refractivity contribution is 0.111. The Bertz CT molecular complexity index is 334. The highest BCUT2D eigenvalue weighted by molar-refractivity contribution is 5.80. The van der Waals surface area contributed by atoms with E-state index in [1.807, 2.05) is 6.92 Å². The third kappa shape index (κ3) is 2.10. The molecular weight excluding hydrogens is 183 g/mol. The van der Waals surface area contributed by atoms with Gasteiger partial charge in [0.1, 0.15) is 11.6 Å². The van der Waals surface area contributed by atoms with Gasteiger partial charge in [-0.3, -0.25) is 4.79 Å². The van der Waals surface area contributed by atoms with Crippen molar-refractivity contribution in [1.29, 1.82) is 0 Å². The molecule has 76 valence electrons. The zero-order chi connectivity index (χ0) is 10.6. The summed E-state index contributed by atoms with van der Waals surface area (Å²) in [6, 6.07) is 3.23. The molecule has 0 unspecified atom stereocenters. The summed E-state index contributed by atoms with van der Waals surface area (Å²) in [4.78, 5) is 10.6. The SMILES string of the molecule is CCCOc1ccc(C)c(F)c1C=O. The van der Waals surface area contributed by atoms with Gasteiger partial charge < -0.3 is 4.74 Å². The van der Waals surface area contributed by atoms with E-state index in [9.17, 15) is 9.18 Å². The Morgan fingerprint density at radius 3 is 2.79 bits per heavy atom. The van der Waals surface area contributed by atoms with Crippen LogP contribution in [0.3, 0.4) is 0 Å². The van der Waals surface area contributed by atoms with Gasteiger partial charge >= 0.3 is 0 Å². The van der Waals surface area contributed by atoms with E-state index in [1.54, 1.807) is 19.1 Å². The standard InChI is InChI=1S/C11H13FO2/c1-3-6-14-10-5-4-8(2)11(12)9(10)7-13/h4-5,7H,3,6H2,1-2H3. The highest BCUT2D eigenvalue weighted by Gasteiger charge is 2.10. The minimum absolute atomic E-state index is 0.0125. The molecule has 0 spiro atoms. The van der Waals surface area contributed by atoms with E-state index in [-0.39, 0.29) is 5.56 Å². The molecule has 0 aliphatic carbocycles. The number of benzene rings is 1. The highest BCUT2D eigenvalue weighted by atomic mass is 19.1. The van der Waals surface area contributed by atoms with Gasteiger partial charge in [-0.25, -0.2) is 4.39 Å². The molecule has 1 rings (SSSR count). The van der Waals surface area contributed by atoms with Crippen molar-refractivity contribution in [3.8, 4) is 5.75 Å². The van der Waals surface area contributed by atoms with Crippen LogP contribution < -0.4 is 4.74 Å². The van der Waals surface area contributed by atoms with E-state index in [0.717, 1.165) is 6.42 Å². The fourth-order valence-corrected chi connectivity index (χ4v) is 1.13. The van der Waals surface area contributed by atoms with Crippen LogP contribution in [0.4, 0.5) is 4.39 Å². The summed E-state index contributed by atoms with van der Waals surface area (Å²) in [6.07, 6.45) is 1.32. The number of rotatable bonds is 4. The summed E-state index contributed by atoms with van der Waals surface area (Å²) < 4.78 is 18.6. The largest absolute Gasteiger partial charge is 0.493 e. The molecule has 0 amide bonds.